The monoisotopic (exact) mass is 259 g/mol. The molecule has 0 saturated carbocycles. The molecule has 86 valence electrons. The molecule has 17 heavy (non-hydrogen) atoms. The number of hydrogen-bond acceptors (Lipinski definition) is 1. The lowest BCUT2D eigenvalue weighted by Crippen LogP contribution is -1.97. The first-order chi connectivity index (χ1) is 8.22. The van der Waals surface area contributed by atoms with E-state index in [2.05, 4.69) is 36.3 Å². The average Bonchev–Trinajstić information content (AvgIpc) is 2.73. The van der Waals surface area contributed by atoms with E-state index >= 15 is 0 Å². The van der Waals surface area contributed by atoms with Gasteiger partial charge in [0, 0.05) is 12.6 Å². The second-order valence-corrected chi connectivity index (χ2v) is 4.93. The molecule has 0 unspecified atom stereocenters. The molecule has 2 rings (SSSR count). The number of aromatic nitrogens is 1. The Morgan fingerprint density at radius 3 is 2.65 bits per heavy atom. The van der Waals surface area contributed by atoms with Gasteiger partial charge in [0.05, 0.1) is 9.89 Å². The number of thiocarbonyl (C=S) groups is 1. The van der Waals surface area contributed by atoms with Crippen molar-refractivity contribution in [3.63, 3.8) is 0 Å². The van der Waals surface area contributed by atoms with Crippen LogP contribution < -0.4 is 0 Å². The summed E-state index contributed by atoms with van der Waals surface area (Å²) < 4.78 is 0.587. The summed E-state index contributed by atoms with van der Waals surface area (Å²) in [6, 6.07) is 10.3. The van der Waals surface area contributed by atoms with Crippen LogP contribution in [0.5, 0.6) is 0 Å². The maximum Gasteiger partial charge on any atom is 0.0913 e. The first kappa shape index (κ1) is 12.1. The highest BCUT2D eigenvalue weighted by atomic mass is 32.1. The van der Waals surface area contributed by atoms with E-state index in [-0.39, 0.29) is 0 Å². The van der Waals surface area contributed by atoms with Crippen molar-refractivity contribution in [3.8, 4) is 0 Å². The quantitative estimate of drug-likeness (QED) is 0.629. The lowest BCUT2D eigenvalue weighted by Gasteiger charge is -2.04. The lowest BCUT2D eigenvalue weighted by atomic mass is 10.0. The van der Waals surface area contributed by atoms with Crippen molar-refractivity contribution >= 4 is 35.1 Å². The van der Waals surface area contributed by atoms with Gasteiger partial charge in [0.2, 0.25) is 0 Å². The molecule has 2 aromatic rings. The van der Waals surface area contributed by atoms with E-state index < -0.39 is 0 Å². The van der Waals surface area contributed by atoms with E-state index in [9.17, 15) is 0 Å². The number of H-pyrrole nitrogens is 1. The van der Waals surface area contributed by atoms with E-state index in [1.165, 1.54) is 5.56 Å². The van der Waals surface area contributed by atoms with Gasteiger partial charge in [-0.2, -0.15) is 0 Å². The van der Waals surface area contributed by atoms with Crippen molar-refractivity contribution in [1.29, 1.82) is 0 Å². The van der Waals surface area contributed by atoms with Crippen molar-refractivity contribution < 1.29 is 0 Å². The van der Waals surface area contributed by atoms with Crippen molar-refractivity contribution in [3.05, 3.63) is 65.5 Å². The van der Waals surface area contributed by atoms with Crippen LogP contribution in [0.2, 0.25) is 0 Å². The molecular weight excluding hydrogens is 246 g/mol. The zero-order chi connectivity index (χ0) is 12.3. The smallest absolute Gasteiger partial charge is 0.0913 e. The Morgan fingerprint density at radius 1 is 1.35 bits per heavy atom. The molecule has 0 aliphatic heterocycles. The standard InChI is InChI=1S/C14H13NS2/c1-2-11-9-15-13(14(16)17)12(11)8-10-6-4-3-5-7-10/h2-7,9,15H,1,8H2,(H,16,17). The number of rotatable bonds is 4. The summed E-state index contributed by atoms with van der Waals surface area (Å²) in [4.78, 5) is 3.16. The Morgan fingerprint density at radius 2 is 2.06 bits per heavy atom. The highest BCUT2D eigenvalue weighted by molar-refractivity contribution is 8.11. The molecular formula is C14H13NS2. The third kappa shape index (κ3) is 2.68. The SMILES string of the molecule is C=Cc1c[nH]c(C(=S)S)c1Cc1ccccc1. The molecule has 1 aromatic carbocycles. The van der Waals surface area contributed by atoms with Gasteiger partial charge in [0.1, 0.15) is 0 Å². The van der Waals surface area contributed by atoms with Gasteiger partial charge in [0.25, 0.3) is 0 Å². The van der Waals surface area contributed by atoms with E-state index in [4.69, 9.17) is 12.2 Å². The summed E-state index contributed by atoms with van der Waals surface area (Å²) in [6.45, 7) is 3.82. The Labute approximate surface area is 112 Å². The molecule has 1 heterocycles. The molecule has 0 amide bonds. The predicted octanol–water partition coefficient (Wildman–Crippen LogP) is 3.85. The van der Waals surface area contributed by atoms with Crippen molar-refractivity contribution in [2.24, 2.45) is 0 Å². The molecule has 0 bridgehead atoms. The molecule has 1 aromatic heterocycles. The summed E-state index contributed by atoms with van der Waals surface area (Å²) in [5.74, 6) is 0. The topological polar surface area (TPSA) is 15.8 Å². The summed E-state index contributed by atoms with van der Waals surface area (Å²) >= 11 is 9.37. The number of hydrogen-bond donors (Lipinski definition) is 2. The Balaban J connectivity index is 2.40. The highest BCUT2D eigenvalue weighted by Gasteiger charge is 2.11. The average molecular weight is 259 g/mol. The van der Waals surface area contributed by atoms with Gasteiger partial charge in [0.15, 0.2) is 0 Å². The van der Waals surface area contributed by atoms with Crippen LogP contribution >= 0.6 is 24.8 Å². The minimum Gasteiger partial charge on any atom is -0.359 e. The van der Waals surface area contributed by atoms with Crippen LogP contribution in [0.15, 0.2) is 43.1 Å². The van der Waals surface area contributed by atoms with Crippen LogP contribution in [0.4, 0.5) is 0 Å². The fraction of sp³-hybridized carbons (Fsp3) is 0.0714. The first-order valence-corrected chi connectivity index (χ1v) is 6.18. The Hall–Kier alpha value is -1.32. The van der Waals surface area contributed by atoms with Crippen LogP contribution in [0, 0.1) is 0 Å². The molecule has 0 aliphatic carbocycles. The molecule has 0 atom stereocenters. The van der Waals surface area contributed by atoms with E-state index in [0.717, 1.165) is 23.2 Å². The number of benzene rings is 1. The summed E-state index contributed by atoms with van der Waals surface area (Å²) in [7, 11) is 0. The van der Waals surface area contributed by atoms with Crippen LogP contribution in [-0.2, 0) is 6.42 Å². The van der Waals surface area contributed by atoms with Gasteiger partial charge in [-0.05, 0) is 16.7 Å². The number of aromatic amines is 1. The molecule has 1 N–H and O–H groups in total. The minimum atomic E-state index is 0.587. The zero-order valence-electron chi connectivity index (χ0n) is 9.31. The molecule has 0 fully saturated rings. The van der Waals surface area contributed by atoms with E-state index in [0.29, 0.717) is 4.20 Å². The normalized spacial score (nSPS) is 10.2. The summed E-state index contributed by atoms with van der Waals surface area (Å²) in [6.07, 6.45) is 4.59. The van der Waals surface area contributed by atoms with Crippen LogP contribution in [-0.4, -0.2) is 9.18 Å². The maximum atomic E-state index is 5.13. The Bertz CT molecular complexity index is 541. The molecule has 3 heteroatoms. The van der Waals surface area contributed by atoms with E-state index in [1.807, 2.05) is 30.5 Å². The predicted molar refractivity (Wildman–Crippen MR) is 80.8 cm³/mol. The minimum absolute atomic E-state index is 0.587. The number of nitrogens with one attached hydrogen (secondary N) is 1. The van der Waals surface area contributed by atoms with Crippen LogP contribution in [0.3, 0.4) is 0 Å². The fourth-order valence-electron chi connectivity index (χ4n) is 1.83. The molecule has 0 spiro atoms. The van der Waals surface area contributed by atoms with E-state index in [1.54, 1.807) is 0 Å². The molecule has 0 aliphatic rings. The van der Waals surface area contributed by atoms with Crippen LogP contribution in [0.1, 0.15) is 22.4 Å². The first-order valence-electron chi connectivity index (χ1n) is 5.32. The van der Waals surface area contributed by atoms with Gasteiger partial charge >= 0.3 is 0 Å². The maximum absolute atomic E-state index is 5.13. The van der Waals surface area contributed by atoms with Gasteiger partial charge < -0.3 is 4.98 Å². The van der Waals surface area contributed by atoms with Gasteiger partial charge in [-0.1, -0.05) is 55.2 Å². The zero-order valence-corrected chi connectivity index (χ0v) is 11.0. The summed E-state index contributed by atoms with van der Waals surface area (Å²) in [5, 5.41) is 0. The van der Waals surface area contributed by atoms with Crippen molar-refractivity contribution in [1.82, 2.24) is 4.98 Å². The van der Waals surface area contributed by atoms with Crippen LogP contribution in [0.25, 0.3) is 6.08 Å². The number of thiol groups is 1. The molecule has 0 radical (unpaired) electrons. The molecule has 0 saturated heterocycles. The summed E-state index contributed by atoms with van der Waals surface area (Å²) in [5.41, 5.74) is 4.41. The van der Waals surface area contributed by atoms with Gasteiger partial charge in [-0.15, -0.1) is 12.6 Å². The fourth-order valence-corrected chi connectivity index (χ4v) is 2.21. The van der Waals surface area contributed by atoms with Gasteiger partial charge in [-0.3, -0.25) is 0 Å². The third-order valence-electron chi connectivity index (χ3n) is 2.68. The van der Waals surface area contributed by atoms with Gasteiger partial charge in [-0.25, -0.2) is 0 Å². The molecule has 1 nitrogen and oxygen atoms in total. The lowest BCUT2D eigenvalue weighted by molar-refractivity contribution is 1.18. The second-order valence-electron chi connectivity index (χ2n) is 3.77. The third-order valence-corrected chi connectivity index (χ3v) is 3.11. The van der Waals surface area contributed by atoms with Crippen molar-refractivity contribution in [2.45, 2.75) is 6.42 Å². The van der Waals surface area contributed by atoms with Crippen molar-refractivity contribution in [2.75, 3.05) is 0 Å². The second kappa shape index (κ2) is 5.34. The Kier molecular flexibility index (Phi) is 3.82. The largest absolute Gasteiger partial charge is 0.359 e. The highest BCUT2D eigenvalue weighted by Crippen LogP contribution is 2.21.